The number of hydrogen-bond acceptors (Lipinski definition) is 4. The molecule has 0 bridgehead atoms. The van der Waals surface area contributed by atoms with Crippen LogP contribution in [0.25, 0.3) is 0 Å². The molecule has 1 aliphatic heterocycles. The number of nitrogens with zero attached hydrogens (tertiary/aromatic N) is 2. The Morgan fingerprint density at radius 2 is 2.20 bits per heavy atom. The van der Waals surface area contributed by atoms with E-state index in [4.69, 9.17) is 4.74 Å². The Hall–Kier alpha value is -1.29. The molecule has 4 nitrogen and oxygen atoms in total. The zero-order valence-electron chi connectivity index (χ0n) is 13.1. The van der Waals surface area contributed by atoms with Crippen LogP contribution in [0.15, 0.2) is 18.3 Å². The molecule has 112 valence electrons. The van der Waals surface area contributed by atoms with E-state index in [1.807, 2.05) is 18.3 Å². The van der Waals surface area contributed by atoms with Crippen LogP contribution in [0.5, 0.6) is 5.75 Å². The molecule has 1 aromatic heterocycles. The number of hydrogen-bond donors (Lipinski definition) is 1. The topological polar surface area (TPSA) is 37.4 Å². The number of rotatable bonds is 6. The van der Waals surface area contributed by atoms with Crippen molar-refractivity contribution in [1.29, 1.82) is 0 Å². The fourth-order valence-corrected chi connectivity index (χ4v) is 2.64. The third kappa shape index (κ3) is 3.85. The summed E-state index contributed by atoms with van der Waals surface area (Å²) in [6, 6.07) is 5.00. The summed E-state index contributed by atoms with van der Waals surface area (Å²) in [6.07, 6.45) is 4.47. The van der Waals surface area contributed by atoms with E-state index in [1.165, 1.54) is 12.8 Å². The highest BCUT2D eigenvalue weighted by Crippen LogP contribution is 2.31. The van der Waals surface area contributed by atoms with Crippen molar-refractivity contribution in [2.45, 2.75) is 58.7 Å². The summed E-state index contributed by atoms with van der Waals surface area (Å²) in [7, 11) is 0. The summed E-state index contributed by atoms with van der Waals surface area (Å²) in [5.74, 6) is 1.90. The van der Waals surface area contributed by atoms with Gasteiger partial charge in [0, 0.05) is 31.4 Å². The van der Waals surface area contributed by atoms with E-state index in [9.17, 15) is 0 Å². The van der Waals surface area contributed by atoms with Crippen molar-refractivity contribution < 1.29 is 4.74 Å². The smallest absolute Gasteiger partial charge is 0.171 e. The minimum absolute atomic E-state index is 0.174. The summed E-state index contributed by atoms with van der Waals surface area (Å²) in [5.41, 5.74) is 0. The highest BCUT2D eigenvalue weighted by atomic mass is 16.5. The van der Waals surface area contributed by atoms with Crippen LogP contribution in [-0.4, -0.2) is 36.3 Å². The van der Waals surface area contributed by atoms with Gasteiger partial charge in [0.15, 0.2) is 11.6 Å². The molecule has 1 aliphatic rings. The molecule has 20 heavy (non-hydrogen) atoms. The largest absolute Gasteiger partial charge is 0.487 e. The van der Waals surface area contributed by atoms with Gasteiger partial charge in [-0.05, 0) is 38.8 Å². The van der Waals surface area contributed by atoms with Gasteiger partial charge >= 0.3 is 0 Å². The van der Waals surface area contributed by atoms with Crippen molar-refractivity contribution >= 4 is 5.82 Å². The van der Waals surface area contributed by atoms with Crippen molar-refractivity contribution in [3.05, 3.63) is 18.3 Å². The van der Waals surface area contributed by atoms with E-state index in [0.717, 1.165) is 24.7 Å². The number of anilines is 1. The van der Waals surface area contributed by atoms with Crippen LogP contribution in [0.2, 0.25) is 0 Å². The van der Waals surface area contributed by atoms with Gasteiger partial charge in [-0.1, -0.05) is 13.8 Å². The second-order valence-corrected chi connectivity index (χ2v) is 6.04. The molecule has 1 unspecified atom stereocenters. The number of nitrogens with one attached hydrogen (secondary N) is 1. The zero-order valence-corrected chi connectivity index (χ0v) is 13.1. The SMILES string of the molecule is CC(C)NCC1CCCN1c1ncccc1OC(C)C. The first-order valence-electron chi connectivity index (χ1n) is 7.69. The standard InChI is InChI=1S/C16H27N3O/c1-12(2)18-11-14-7-6-10-19(14)16-15(20-13(3)4)8-5-9-17-16/h5,8-9,12-14,18H,6-7,10-11H2,1-4H3. The summed E-state index contributed by atoms with van der Waals surface area (Å²) in [5, 5.41) is 3.54. The molecular weight excluding hydrogens is 250 g/mol. The van der Waals surface area contributed by atoms with E-state index < -0.39 is 0 Å². The van der Waals surface area contributed by atoms with Crippen molar-refractivity contribution in [2.75, 3.05) is 18.0 Å². The maximum atomic E-state index is 5.91. The Morgan fingerprint density at radius 3 is 2.90 bits per heavy atom. The van der Waals surface area contributed by atoms with Crippen LogP contribution >= 0.6 is 0 Å². The Bertz CT molecular complexity index is 420. The molecule has 4 heteroatoms. The third-order valence-corrected chi connectivity index (χ3v) is 3.52. The van der Waals surface area contributed by atoms with Crippen LogP contribution in [0.4, 0.5) is 5.82 Å². The fraction of sp³-hybridized carbons (Fsp3) is 0.688. The first kappa shape index (κ1) is 15.1. The Kier molecular flexibility index (Phi) is 5.24. The monoisotopic (exact) mass is 277 g/mol. The van der Waals surface area contributed by atoms with Crippen LogP contribution in [-0.2, 0) is 0 Å². The predicted molar refractivity (Wildman–Crippen MR) is 83.5 cm³/mol. The van der Waals surface area contributed by atoms with Gasteiger partial charge in [0.2, 0.25) is 0 Å². The number of aromatic nitrogens is 1. The lowest BCUT2D eigenvalue weighted by Crippen LogP contribution is -2.40. The maximum Gasteiger partial charge on any atom is 0.171 e. The number of pyridine rings is 1. The molecule has 2 heterocycles. The quantitative estimate of drug-likeness (QED) is 0.867. The average Bonchev–Trinajstić information content (AvgIpc) is 2.84. The molecule has 0 radical (unpaired) electrons. The Balaban J connectivity index is 2.12. The van der Waals surface area contributed by atoms with Gasteiger partial charge in [0.1, 0.15) is 0 Å². The molecule has 1 fully saturated rings. The molecule has 1 N–H and O–H groups in total. The van der Waals surface area contributed by atoms with Gasteiger partial charge in [0.05, 0.1) is 6.10 Å². The van der Waals surface area contributed by atoms with E-state index in [-0.39, 0.29) is 6.10 Å². The highest BCUT2D eigenvalue weighted by molar-refractivity contribution is 5.53. The number of ether oxygens (including phenoxy) is 1. The van der Waals surface area contributed by atoms with Gasteiger partial charge in [-0.15, -0.1) is 0 Å². The second kappa shape index (κ2) is 6.93. The lowest BCUT2D eigenvalue weighted by molar-refractivity contribution is 0.242. The lowest BCUT2D eigenvalue weighted by atomic mass is 10.2. The van der Waals surface area contributed by atoms with Crippen molar-refractivity contribution in [3.63, 3.8) is 0 Å². The van der Waals surface area contributed by atoms with Crippen molar-refractivity contribution in [2.24, 2.45) is 0 Å². The molecule has 1 aromatic rings. The van der Waals surface area contributed by atoms with Crippen LogP contribution < -0.4 is 15.0 Å². The summed E-state index contributed by atoms with van der Waals surface area (Å²) in [4.78, 5) is 6.96. The van der Waals surface area contributed by atoms with E-state index in [0.29, 0.717) is 12.1 Å². The molecule has 0 saturated carbocycles. The molecule has 0 aliphatic carbocycles. The summed E-state index contributed by atoms with van der Waals surface area (Å²) in [6.45, 7) is 10.6. The fourth-order valence-electron chi connectivity index (χ4n) is 2.64. The molecule has 1 atom stereocenters. The molecule has 0 aromatic carbocycles. The minimum atomic E-state index is 0.174. The highest BCUT2D eigenvalue weighted by Gasteiger charge is 2.27. The lowest BCUT2D eigenvalue weighted by Gasteiger charge is -2.28. The molecule has 0 amide bonds. The van der Waals surface area contributed by atoms with E-state index in [1.54, 1.807) is 0 Å². The van der Waals surface area contributed by atoms with Gasteiger partial charge < -0.3 is 15.0 Å². The minimum Gasteiger partial charge on any atom is -0.487 e. The van der Waals surface area contributed by atoms with Crippen molar-refractivity contribution in [1.82, 2.24) is 10.3 Å². The Morgan fingerprint density at radius 1 is 1.40 bits per heavy atom. The molecule has 2 rings (SSSR count). The van der Waals surface area contributed by atoms with Gasteiger partial charge in [-0.2, -0.15) is 0 Å². The molecular formula is C16H27N3O. The maximum absolute atomic E-state index is 5.91. The van der Waals surface area contributed by atoms with Gasteiger partial charge in [0.25, 0.3) is 0 Å². The van der Waals surface area contributed by atoms with E-state index in [2.05, 4.69) is 42.9 Å². The van der Waals surface area contributed by atoms with Gasteiger partial charge in [-0.3, -0.25) is 0 Å². The normalized spacial score (nSPS) is 19.1. The van der Waals surface area contributed by atoms with Crippen molar-refractivity contribution in [3.8, 4) is 5.75 Å². The van der Waals surface area contributed by atoms with Crippen LogP contribution in [0.3, 0.4) is 0 Å². The Labute approximate surface area is 122 Å². The average molecular weight is 277 g/mol. The van der Waals surface area contributed by atoms with E-state index >= 15 is 0 Å². The third-order valence-electron chi connectivity index (χ3n) is 3.52. The van der Waals surface area contributed by atoms with Gasteiger partial charge in [-0.25, -0.2) is 4.98 Å². The first-order valence-corrected chi connectivity index (χ1v) is 7.69. The molecule has 0 spiro atoms. The second-order valence-electron chi connectivity index (χ2n) is 6.04. The molecule has 1 saturated heterocycles. The first-order chi connectivity index (χ1) is 9.58. The van der Waals surface area contributed by atoms with Crippen LogP contribution in [0, 0.1) is 0 Å². The van der Waals surface area contributed by atoms with Crippen LogP contribution in [0.1, 0.15) is 40.5 Å². The summed E-state index contributed by atoms with van der Waals surface area (Å²) >= 11 is 0. The zero-order chi connectivity index (χ0) is 14.5. The summed E-state index contributed by atoms with van der Waals surface area (Å²) < 4.78 is 5.91. The predicted octanol–water partition coefficient (Wildman–Crippen LogP) is 2.84.